The second kappa shape index (κ2) is 7.91. The van der Waals surface area contributed by atoms with E-state index in [0.717, 1.165) is 19.6 Å². The predicted molar refractivity (Wildman–Crippen MR) is 111 cm³/mol. The Labute approximate surface area is 171 Å². The van der Waals surface area contributed by atoms with Crippen molar-refractivity contribution in [3.8, 4) is 0 Å². The molecule has 0 spiro atoms. The number of sulfonamides is 1. The zero-order chi connectivity index (χ0) is 18.7. The van der Waals surface area contributed by atoms with Crippen molar-refractivity contribution < 1.29 is 13.2 Å². The van der Waals surface area contributed by atoms with Crippen LogP contribution in [-0.2, 0) is 10.0 Å². The molecule has 134 valence electrons. The first-order valence-corrected chi connectivity index (χ1v) is 11.2. The summed E-state index contributed by atoms with van der Waals surface area (Å²) in [6.45, 7) is 0. The fourth-order valence-electron chi connectivity index (χ4n) is 2.11. The summed E-state index contributed by atoms with van der Waals surface area (Å²) in [7, 11) is -3.65. The van der Waals surface area contributed by atoms with Crippen LogP contribution in [0.2, 0.25) is 0 Å². The minimum absolute atomic E-state index is 0.209. The number of carbonyl (C=O) groups is 1. The van der Waals surface area contributed by atoms with Gasteiger partial charge in [0, 0.05) is 21.4 Å². The summed E-state index contributed by atoms with van der Waals surface area (Å²) in [4.78, 5) is 12.3. The van der Waals surface area contributed by atoms with Gasteiger partial charge in [-0.25, -0.2) is 8.42 Å². The highest BCUT2D eigenvalue weighted by molar-refractivity contribution is 9.11. The smallest absolute Gasteiger partial charge is 0.271 e. The van der Waals surface area contributed by atoms with E-state index in [1.54, 1.807) is 42.5 Å². The maximum Gasteiger partial charge on any atom is 0.271 e. The van der Waals surface area contributed by atoms with E-state index in [2.05, 4.69) is 41.9 Å². The summed E-state index contributed by atoms with van der Waals surface area (Å²) in [5, 5.41) is 2.78. The number of thiophene rings is 1. The Bertz CT molecular complexity index is 1050. The SMILES string of the molecule is O=C(Nc1cccc(Br)c1)c1ccc(NS(=O)(=O)c2ccc(Br)s2)cc1. The summed E-state index contributed by atoms with van der Waals surface area (Å²) in [5.41, 5.74) is 1.47. The standard InChI is InChI=1S/C17H12Br2N2O3S2/c18-12-2-1-3-14(10-12)20-17(22)11-4-6-13(7-5-11)21-26(23,24)16-9-8-15(19)25-16/h1-10,21H,(H,20,22). The van der Waals surface area contributed by atoms with Crippen LogP contribution >= 0.6 is 43.2 Å². The number of rotatable bonds is 5. The van der Waals surface area contributed by atoms with Crippen molar-refractivity contribution >= 4 is 70.5 Å². The van der Waals surface area contributed by atoms with Gasteiger partial charge in [0.15, 0.2) is 0 Å². The maximum absolute atomic E-state index is 12.3. The molecule has 0 unspecified atom stereocenters. The molecule has 3 rings (SSSR count). The average Bonchev–Trinajstić information content (AvgIpc) is 3.03. The quantitative estimate of drug-likeness (QED) is 0.482. The van der Waals surface area contributed by atoms with Crippen LogP contribution in [0.4, 0.5) is 11.4 Å². The molecule has 0 saturated carbocycles. The number of carbonyl (C=O) groups excluding carboxylic acids is 1. The Hall–Kier alpha value is -1.68. The first-order chi connectivity index (χ1) is 12.3. The van der Waals surface area contributed by atoms with E-state index < -0.39 is 10.0 Å². The lowest BCUT2D eigenvalue weighted by Gasteiger charge is -2.08. The Kier molecular flexibility index (Phi) is 5.81. The molecule has 0 bridgehead atoms. The normalized spacial score (nSPS) is 11.2. The largest absolute Gasteiger partial charge is 0.322 e. The van der Waals surface area contributed by atoms with Crippen LogP contribution in [0.1, 0.15) is 10.4 Å². The third-order valence-corrected chi connectivity index (χ3v) is 7.29. The van der Waals surface area contributed by atoms with Crippen LogP contribution in [0, 0.1) is 0 Å². The lowest BCUT2D eigenvalue weighted by Crippen LogP contribution is -2.13. The minimum Gasteiger partial charge on any atom is -0.322 e. The summed E-state index contributed by atoms with van der Waals surface area (Å²) >= 11 is 7.72. The molecule has 0 fully saturated rings. The third kappa shape index (κ3) is 4.73. The molecule has 2 aromatic carbocycles. The van der Waals surface area contributed by atoms with Gasteiger partial charge in [0.25, 0.3) is 15.9 Å². The van der Waals surface area contributed by atoms with Crippen LogP contribution in [-0.4, -0.2) is 14.3 Å². The van der Waals surface area contributed by atoms with Crippen molar-refractivity contribution in [2.75, 3.05) is 10.0 Å². The van der Waals surface area contributed by atoms with Crippen molar-refractivity contribution in [1.82, 2.24) is 0 Å². The highest BCUT2D eigenvalue weighted by Crippen LogP contribution is 2.27. The predicted octanol–water partition coefficient (Wildman–Crippen LogP) is 5.33. The van der Waals surface area contributed by atoms with Crippen molar-refractivity contribution in [2.24, 2.45) is 0 Å². The molecule has 0 radical (unpaired) electrons. The van der Waals surface area contributed by atoms with E-state index in [0.29, 0.717) is 16.9 Å². The first-order valence-electron chi connectivity index (χ1n) is 7.29. The molecule has 1 amide bonds. The molecule has 1 aromatic heterocycles. The van der Waals surface area contributed by atoms with Crippen LogP contribution in [0.15, 0.2) is 73.1 Å². The number of hydrogen-bond donors (Lipinski definition) is 2. The zero-order valence-electron chi connectivity index (χ0n) is 13.1. The van der Waals surface area contributed by atoms with Gasteiger partial charge < -0.3 is 5.32 Å². The van der Waals surface area contributed by atoms with E-state index in [9.17, 15) is 13.2 Å². The van der Waals surface area contributed by atoms with Gasteiger partial charge in [0.1, 0.15) is 4.21 Å². The summed E-state index contributed by atoms with van der Waals surface area (Å²) < 4.78 is 28.9. The summed E-state index contributed by atoms with van der Waals surface area (Å²) in [6, 6.07) is 16.7. The van der Waals surface area contributed by atoms with E-state index >= 15 is 0 Å². The van der Waals surface area contributed by atoms with Crippen LogP contribution in [0.5, 0.6) is 0 Å². The van der Waals surface area contributed by atoms with E-state index in [1.807, 2.05) is 12.1 Å². The van der Waals surface area contributed by atoms with Crippen molar-refractivity contribution in [1.29, 1.82) is 0 Å². The Balaban J connectivity index is 1.71. The Morgan fingerprint density at radius 3 is 2.27 bits per heavy atom. The monoisotopic (exact) mass is 514 g/mol. The van der Waals surface area contributed by atoms with Gasteiger partial charge >= 0.3 is 0 Å². The lowest BCUT2D eigenvalue weighted by molar-refractivity contribution is 0.102. The summed E-state index contributed by atoms with van der Waals surface area (Å²) in [6.07, 6.45) is 0. The molecular weight excluding hydrogens is 504 g/mol. The number of benzene rings is 2. The first kappa shape index (κ1) is 19.1. The number of anilines is 2. The molecular formula is C17H12Br2N2O3S2. The highest BCUT2D eigenvalue weighted by Gasteiger charge is 2.17. The number of amides is 1. The molecule has 0 saturated heterocycles. The number of hydrogen-bond acceptors (Lipinski definition) is 4. The number of halogens is 2. The second-order valence-electron chi connectivity index (χ2n) is 5.21. The number of nitrogens with one attached hydrogen (secondary N) is 2. The zero-order valence-corrected chi connectivity index (χ0v) is 17.9. The van der Waals surface area contributed by atoms with E-state index in [4.69, 9.17) is 0 Å². The maximum atomic E-state index is 12.3. The lowest BCUT2D eigenvalue weighted by atomic mass is 10.2. The highest BCUT2D eigenvalue weighted by atomic mass is 79.9. The molecule has 0 aliphatic rings. The molecule has 3 aromatic rings. The van der Waals surface area contributed by atoms with Crippen molar-refractivity contribution in [3.05, 3.63) is 74.5 Å². The Morgan fingerprint density at radius 2 is 1.65 bits per heavy atom. The topological polar surface area (TPSA) is 75.3 Å². The molecule has 9 heteroatoms. The molecule has 5 nitrogen and oxygen atoms in total. The third-order valence-electron chi connectivity index (χ3n) is 3.30. The van der Waals surface area contributed by atoms with Crippen LogP contribution < -0.4 is 10.0 Å². The van der Waals surface area contributed by atoms with Crippen LogP contribution in [0.3, 0.4) is 0 Å². The van der Waals surface area contributed by atoms with Crippen molar-refractivity contribution in [2.45, 2.75) is 4.21 Å². The summed E-state index contributed by atoms with van der Waals surface area (Å²) in [5.74, 6) is -0.278. The molecule has 0 atom stereocenters. The van der Waals surface area contributed by atoms with Gasteiger partial charge in [-0.15, -0.1) is 11.3 Å². The Morgan fingerprint density at radius 1 is 0.923 bits per heavy atom. The van der Waals surface area contributed by atoms with Crippen molar-refractivity contribution in [3.63, 3.8) is 0 Å². The van der Waals surface area contributed by atoms with E-state index in [1.165, 1.54) is 6.07 Å². The average molecular weight is 516 g/mol. The molecule has 0 aliphatic carbocycles. The second-order valence-corrected chi connectivity index (χ2v) is 10.5. The van der Waals surface area contributed by atoms with Gasteiger partial charge in [0.05, 0.1) is 3.79 Å². The van der Waals surface area contributed by atoms with Gasteiger partial charge in [-0.3, -0.25) is 9.52 Å². The van der Waals surface area contributed by atoms with E-state index in [-0.39, 0.29) is 10.1 Å². The fourth-order valence-corrected chi connectivity index (χ4v) is 5.57. The van der Waals surface area contributed by atoms with Crippen LogP contribution in [0.25, 0.3) is 0 Å². The van der Waals surface area contributed by atoms with Gasteiger partial charge in [0.2, 0.25) is 0 Å². The fraction of sp³-hybridized carbons (Fsp3) is 0. The minimum atomic E-state index is -3.65. The van der Waals surface area contributed by atoms with Gasteiger partial charge in [-0.1, -0.05) is 22.0 Å². The molecule has 2 N–H and O–H groups in total. The molecule has 0 aliphatic heterocycles. The van der Waals surface area contributed by atoms with Gasteiger partial charge in [-0.05, 0) is 70.5 Å². The van der Waals surface area contributed by atoms with Gasteiger partial charge in [-0.2, -0.15) is 0 Å². The molecule has 26 heavy (non-hydrogen) atoms. The molecule has 1 heterocycles.